The molecule has 0 bridgehead atoms. The molecule has 0 spiro atoms. The molecule has 0 aliphatic carbocycles. The second kappa shape index (κ2) is 4.50. The number of hydrogen-bond acceptors (Lipinski definition) is 4. The van der Waals surface area contributed by atoms with Crippen LogP contribution in [-0.2, 0) is 4.79 Å². The van der Waals surface area contributed by atoms with Crippen LogP contribution in [-0.4, -0.2) is 10.9 Å². The number of carbonyl (C=O) groups is 1. The molecule has 1 rings (SSSR count). The van der Waals surface area contributed by atoms with Gasteiger partial charge in [0, 0.05) is 18.6 Å². The quantitative estimate of drug-likeness (QED) is 0.333. The van der Waals surface area contributed by atoms with Crippen LogP contribution in [0.25, 0.3) is 0 Å². The van der Waals surface area contributed by atoms with Crippen molar-refractivity contribution in [2.45, 2.75) is 13.3 Å². The first-order valence-corrected chi connectivity index (χ1v) is 4.19. The highest BCUT2D eigenvalue weighted by atomic mass is 19.1. The smallest absolute Gasteiger partial charge is 0.311 e. The lowest BCUT2D eigenvalue weighted by atomic mass is 10.3. The number of benzene rings is 1. The van der Waals surface area contributed by atoms with Crippen molar-refractivity contribution in [2.24, 2.45) is 0 Å². The van der Waals surface area contributed by atoms with E-state index in [0.29, 0.717) is 0 Å². The molecule has 0 amide bonds. The molecular weight excluding hydrogens is 205 g/mol. The van der Waals surface area contributed by atoms with Gasteiger partial charge < -0.3 is 4.74 Å². The number of halogens is 1. The third-order valence-electron chi connectivity index (χ3n) is 1.63. The Bertz CT molecular complexity index is 405. The molecule has 0 heterocycles. The number of rotatable bonds is 3. The van der Waals surface area contributed by atoms with Crippen LogP contribution in [0.4, 0.5) is 10.1 Å². The SMILES string of the molecule is CCC(=O)Oc1cc(F)ccc1[N+](=O)[O-]. The van der Waals surface area contributed by atoms with Gasteiger partial charge in [0.05, 0.1) is 4.92 Å². The minimum Gasteiger partial charge on any atom is -0.419 e. The molecule has 5 nitrogen and oxygen atoms in total. The summed E-state index contributed by atoms with van der Waals surface area (Å²) in [5, 5.41) is 10.5. The molecule has 0 aromatic heterocycles. The monoisotopic (exact) mass is 213 g/mol. The molecule has 0 atom stereocenters. The van der Waals surface area contributed by atoms with Crippen LogP contribution in [0.3, 0.4) is 0 Å². The number of nitrogens with zero attached hydrogens (tertiary/aromatic N) is 1. The fraction of sp³-hybridized carbons (Fsp3) is 0.222. The van der Waals surface area contributed by atoms with Crippen molar-refractivity contribution >= 4 is 11.7 Å². The Balaban J connectivity index is 3.07. The number of carbonyl (C=O) groups excluding carboxylic acids is 1. The van der Waals surface area contributed by atoms with Crippen molar-refractivity contribution in [3.8, 4) is 5.75 Å². The van der Waals surface area contributed by atoms with Crippen molar-refractivity contribution in [3.63, 3.8) is 0 Å². The third kappa shape index (κ3) is 2.73. The van der Waals surface area contributed by atoms with E-state index in [4.69, 9.17) is 0 Å². The standard InChI is InChI=1S/C9H8FNO4/c1-2-9(12)15-8-5-6(10)3-4-7(8)11(13)14/h3-5H,2H2,1H3. The summed E-state index contributed by atoms with van der Waals surface area (Å²) in [5.41, 5.74) is -0.432. The Hall–Kier alpha value is -1.98. The summed E-state index contributed by atoms with van der Waals surface area (Å²) in [6.45, 7) is 1.54. The van der Waals surface area contributed by atoms with E-state index in [0.717, 1.165) is 18.2 Å². The maximum absolute atomic E-state index is 12.8. The maximum Gasteiger partial charge on any atom is 0.311 e. The predicted molar refractivity (Wildman–Crippen MR) is 49.0 cm³/mol. The average molecular weight is 213 g/mol. The van der Waals surface area contributed by atoms with E-state index >= 15 is 0 Å². The summed E-state index contributed by atoms with van der Waals surface area (Å²) in [4.78, 5) is 20.7. The molecule has 1 aromatic rings. The molecule has 0 aliphatic rings. The fourth-order valence-corrected chi connectivity index (χ4v) is 0.915. The fourth-order valence-electron chi connectivity index (χ4n) is 0.915. The minimum atomic E-state index is -0.738. The summed E-state index contributed by atoms with van der Waals surface area (Å²) in [7, 11) is 0. The van der Waals surface area contributed by atoms with Gasteiger partial charge in [0.1, 0.15) is 5.82 Å². The Morgan fingerprint density at radius 2 is 2.27 bits per heavy atom. The van der Waals surface area contributed by atoms with E-state index in [1.807, 2.05) is 0 Å². The summed E-state index contributed by atoms with van der Waals surface area (Å²) < 4.78 is 17.4. The summed E-state index contributed by atoms with van der Waals surface area (Å²) >= 11 is 0. The summed E-state index contributed by atoms with van der Waals surface area (Å²) in [6, 6.07) is 2.70. The van der Waals surface area contributed by atoms with Crippen LogP contribution in [0.2, 0.25) is 0 Å². The molecule has 0 unspecified atom stereocenters. The first-order valence-electron chi connectivity index (χ1n) is 4.19. The van der Waals surface area contributed by atoms with Gasteiger partial charge in [-0.15, -0.1) is 0 Å². The van der Waals surface area contributed by atoms with Crippen LogP contribution in [0, 0.1) is 15.9 Å². The molecule has 80 valence electrons. The van der Waals surface area contributed by atoms with E-state index < -0.39 is 22.4 Å². The van der Waals surface area contributed by atoms with Gasteiger partial charge in [0.15, 0.2) is 0 Å². The molecule has 0 N–H and O–H groups in total. The lowest BCUT2D eigenvalue weighted by molar-refractivity contribution is -0.385. The Labute approximate surface area is 84.6 Å². The number of ether oxygens (including phenoxy) is 1. The van der Waals surface area contributed by atoms with Gasteiger partial charge in [0.2, 0.25) is 5.75 Å². The van der Waals surface area contributed by atoms with Crippen molar-refractivity contribution in [1.29, 1.82) is 0 Å². The topological polar surface area (TPSA) is 69.4 Å². The van der Waals surface area contributed by atoms with E-state index in [-0.39, 0.29) is 12.2 Å². The molecule has 0 saturated heterocycles. The van der Waals surface area contributed by atoms with E-state index in [9.17, 15) is 19.3 Å². The van der Waals surface area contributed by atoms with Gasteiger partial charge in [-0.25, -0.2) is 4.39 Å². The van der Waals surface area contributed by atoms with Gasteiger partial charge >= 0.3 is 11.7 Å². The number of esters is 1. The minimum absolute atomic E-state index is 0.0632. The maximum atomic E-state index is 12.8. The molecule has 0 saturated carbocycles. The molecule has 0 aliphatic heterocycles. The molecule has 0 radical (unpaired) electrons. The first-order chi connectivity index (χ1) is 7.04. The van der Waals surface area contributed by atoms with E-state index in [1.165, 1.54) is 6.92 Å². The van der Waals surface area contributed by atoms with E-state index in [1.54, 1.807) is 0 Å². The van der Waals surface area contributed by atoms with Crippen molar-refractivity contribution in [2.75, 3.05) is 0 Å². The van der Waals surface area contributed by atoms with Gasteiger partial charge in [-0.3, -0.25) is 14.9 Å². The third-order valence-corrected chi connectivity index (χ3v) is 1.63. The number of nitro benzene ring substituents is 1. The van der Waals surface area contributed by atoms with Crippen LogP contribution >= 0.6 is 0 Å². The van der Waals surface area contributed by atoms with E-state index in [2.05, 4.69) is 4.74 Å². The molecular formula is C9H8FNO4. The van der Waals surface area contributed by atoms with Crippen LogP contribution < -0.4 is 4.74 Å². The van der Waals surface area contributed by atoms with Gasteiger partial charge in [0.25, 0.3) is 0 Å². The number of hydrogen-bond donors (Lipinski definition) is 0. The lowest BCUT2D eigenvalue weighted by Gasteiger charge is -2.03. The van der Waals surface area contributed by atoms with Crippen LogP contribution in [0.5, 0.6) is 5.75 Å². The summed E-state index contributed by atoms with van der Waals surface area (Å²) in [6.07, 6.45) is 0.0632. The Morgan fingerprint density at radius 3 is 2.80 bits per heavy atom. The highest BCUT2D eigenvalue weighted by Crippen LogP contribution is 2.27. The lowest BCUT2D eigenvalue weighted by Crippen LogP contribution is -2.07. The Morgan fingerprint density at radius 1 is 1.60 bits per heavy atom. The largest absolute Gasteiger partial charge is 0.419 e. The highest BCUT2D eigenvalue weighted by Gasteiger charge is 2.17. The van der Waals surface area contributed by atoms with Gasteiger partial charge in [-0.2, -0.15) is 0 Å². The molecule has 15 heavy (non-hydrogen) atoms. The molecule has 0 fully saturated rings. The second-order valence-corrected chi connectivity index (χ2v) is 2.70. The van der Waals surface area contributed by atoms with Crippen LogP contribution in [0.1, 0.15) is 13.3 Å². The van der Waals surface area contributed by atoms with Gasteiger partial charge in [-0.1, -0.05) is 6.92 Å². The van der Waals surface area contributed by atoms with Crippen molar-refractivity contribution < 1.29 is 18.8 Å². The molecule has 6 heteroatoms. The van der Waals surface area contributed by atoms with Crippen molar-refractivity contribution in [3.05, 3.63) is 34.1 Å². The predicted octanol–water partition coefficient (Wildman–Crippen LogP) is 2.05. The zero-order valence-corrected chi connectivity index (χ0v) is 7.90. The molecule has 1 aromatic carbocycles. The normalized spacial score (nSPS) is 9.73. The summed E-state index contributed by atoms with van der Waals surface area (Å²) in [5.74, 6) is -1.71. The van der Waals surface area contributed by atoms with Crippen molar-refractivity contribution in [1.82, 2.24) is 0 Å². The second-order valence-electron chi connectivity index (χ2n) is 2.70. The zero-order valence-electron chi connectivity index (χ0n) is 7.90. The average Bonchev–Trinajstić information content (AvgIpc) is 2.17. The highest BCUT2D eigenvalue weighted by molar-refractivity contribution is 5.73. The zero-order chi connectivity index (χ0) is 11.4. The van der Waals surface area contributed by atoms with Crippen LogP contribution in [0.15, 0.2) is 18.2 Å². The number of nitro groups is 1. The Kier molecular flexibility index (Phi) is 3.33. The van der Waals surface area contributed by atoms with Gasteiger partial charge in [-0.05, 0) is 6.07 Å². The first kappa shape index (κ1) is 11.1.